The lowest BCUT2D eigenvalue weighted by atomic mass is 9.33. The van der Waals surface area contributed by atoms with Gasteiger partial charge in [-0.3, -0.25) is 0 Å². The summed E-state index contributed by atoms with van der Waals surface area (Å²) >= 11 is 0. The van der Waals surface area contributed by atoms with Crippen molar-refractivity contribution < 1.29 is 0 Å². The van der Waals surface area contributed by atoms with Crippen molar-refractivity contribution in [1.82, 2.24) is 0 Å². The molecule has 2 aliphatic heterocycles. The zero-order chi connectivity index (χ0) is 50.0. The Hall–Kier alpha value is -7.30. The van der Waals surface area contributed by atoms with Crippen molar-refractivity contribution in [3.05, 3.63) is 215 Å². The smallest absolute Gasteiger partial charge is 0.252 e. The van der Waals surface area contributed by atoms with Crippen LogP contribution in [0.15, 0.2) is 176 Å². The predicted molar refractivity (Wildman–Crippen MR) is 311 cm³/mol. The zero-order valence-electron chi connectivity index (χ0n) is 44.1. The van der Waals surface area contributed by atoms with Crippen LogP contribution in [0.1, 0.15) is 100 Å². The van der Waals surface area contributed by atoms with Crippen LogP contribution in [-0.2, 0) is 16.2 Å². The minimum absolute atomic E-state index is 0.0268. The van der Waals surface area contributed by atoms with Gasteiger partial charge in [0.2, 0.25) is 0 Å². The summed E-state index contributed by atoms with van der Waals surface area (Å²) in [6.45, 7) is 26.2. The van der Waals surface area contributed by atoms with E-state index in [0.717, 1.165) is 29.9 Å². The molecule has 9 aromatic rings. The third-order valence-electron chi connectivity index (χ3n) is 16.7. The molecule has 356 valence electrons. The summed E-state index contributed by atoms with van der Waals surface area (Å²) in [6, 6.07) is 66.9. The molecule has 0 unspecified atom stereocenters. The first-order valence-corrected chi connectivity index (χ1v) is 26.2. The molecule has 0 aromatic heterocycles. The van der Waals surface area contributed by atoms with Gasteiger partial charge in [0.1, 0.15) is 0 Å². The van der Waals surface area contributed by atoms with E-state index in [1.807, 2.05) is 0 Å². The molecule has 9 aromatic carbocycles. The normalized spacial score (nSPS) is 15.2. The monoisotopic (exact) mass is 936 g/mol. The van der Waals surface area contributed by atoms with Crippen LogP contribution >= 0.6 is 0 Å². The molecule has 1 aliphatic carbocycles. The average Bonchev–Trinajstić information content (AvgIpc) is 3.36. The molecule has 0 bridgehead atoms. The van der Waals surface area contributed by atoms with Crippen LogP contribution < -0.4 is 31.1 Å². The highest BCUT2D eigenvalue weighted by Crippen LogP contribution is 2.53. The van der Waals surface area contributed by atoms with Gasteiger partial charge in [0.05, 0.1) is 17.1 Å². The molecule has 0 N–H and O–H groups in total. The van der Waals surface area contributed by atoms with Crippen LogP contribution in [0.4, 0.5) is 51.2 Å². The number of anilines is 9. The van der Waals surface area contributed by atoms with Crippen LogP contribution in [-0.4, -0.2) is 6.71 Å². The van der Waals surface area contributed by atoms with Crippen molar-refractivity contribution in [1.29, 1.82) is 0 Å². The maximum Gasteiger partial charge on any atom is 0.252 e. The van der Waals surface area contributed by atoms with E-state index in [-0.39, 0.29) is 23.0 Å². The molecule has 0 spiro atoms. The fraction of sp³-hybridized carbons (Fsp3) is 0.235. The number of hydrogen-bond donors (Lipinski definition) is 0. The molecule has 3 nitrogen and oxygen atoms in total. The minimum atomic E-state index is -0.141. The van der Waals surface area contributed by atoms with Gasteiger partial charge in [-0.25, -0.2) is 0 Å². The van der Waals surface area contributed by atoms with Crippen LogP contribution in [0.3, 0.4) is 0 Å². The number of hydrogen-bond acceptors (Lipinski definition) is 3. The van der Waals surface area contributed by atoms with E-state index < -0.39 is 0 Å². The molecule has 0 saturated heterocycles. The first kappa shape index (κ1) is 45.8. The Bertz CT molecular complexity index is 3590. The number of fused-ring (bicyclic) bond motifs is 6. The van der Waals surface area contributed by atoms with Crippen LogP contribution in [0.25, 0.3) is 21.9 Å². The first-order chi connectivity index (χ1) is 34.5. The van der Waals surface area contributed by atoms with Crippen LogP contribution in [0.5, 0.6) is 0 Å². The standard InChI is InChI=1S/C68H66BN3/c1-43-22-20-23-44(2)64(43)71-58-40-51(70(50-29-16-13-17-30-50)57-35-32-47-26-18-19-31-52(47)62(57)48-27-14-12-15-28-48)33-34-55(58)69-56-41-53-54(68(10,11)37-36-67(53,8)9)42-59(56)72(65-45(3)24-21-25-46(65)4)61-39-49(66(5,6)7)38-60(71)63(61)69/h12-35,38-42H,36-37H2,1-11H3. The zero-order valence-corrected chi connectivity index (χ0v) is 44.1. The highest BCUT2D eigenvalue weighted by molar-refractivity contribution is 7.00. The van der Waals surface area contributed by atoms with E-state index in [9.17, 15) is 0 Å². The predicted octanol–water partition coefficient (Wildman–Crippen LogP) is 16.9. The van der Waals surface area contributed by atoms with E-state index in [1.54, 1.807) is 0 Å². The van der Waals surface area contributed by atoms with Crippen molar-refractivity contribution >= 4 is 85.1 Å². The third kappa shape index (κ3) is 7.15. The summed E-state index contributed by atoms with van der Waals surface area (Å²) in [5.74, 6) is 0. The number of para-hydroxylation sites is 3. The maximum atomic E-state index is 2.69. The van der Waals surface area contributed by atoms with E-state index in [4.69, 9.17) is 0 Å². The molecule has 12 rings (SSSR count). The van der Waals surface area contributed by atoms with Gasteiger partial charge in [0, 0.05) is 39.7 Å². The lowest BCUT2D eigenvalue weighted by molar-refractivity contribution is 0.332. The number of nitrogens with zero attached hydrogens (tertiary/aromatic N) is 3. The van der Waals surface area contributed by atoms with E-state index in [2.05, 4.69) is 267 Å². The summed E-state index contributed by atoms with van der Waals surface area (Å²) in [7, 11) is 0. The van der Waals surface area contributed by atoms with Gasteiger partial charge in [0.15, 0.2) is 0 Å². The minimum Gasteiger partial charge on any atom is -0.311 e. The molecule has 0 atom stereocenters. The molecule has 72 heavy (non-hydrogen) atoms. The lowest BCUT2D eigenvalue weighted by Crippen LogP contribution is -2.62. The van der Waals surface area contributed by atoms with Gasteiger partial charge in [-0.15, -0.1) is 0 Å². The fourth-order valence-electron chi connectivity index (χ4n) is 12.8. The van der Waals surface area contributed by atoms with E-state index >= 15 is 0 Å². The molecule has 0 fully saturated rings. The van der Waals surface area contributed by atoms with Crippen molar-refractivity contribution in [2.24, 2.45) is 0 Å². The Labute approximate surface area is 428 Å². The highest BCUT2D eigenvalue weighted by Gasteiger charge is 2.47. The molecule has 2 heterocycles. The second-order valence-corrected chi connectivity index (χ2v) is 23.4. The third-order valence-corrected chi connectivity index (χ3v) is 16.7. The number of rotatable bonds is 6. The molecular weight excluding hydrogens is 870 g/mol. The Morgan fingerprint density at radius 3 is 1.58 bits per heavy atom. The summed E-state index contributed by atoms with van der Waals surface area (Å²) < 4.78 is 0. The van der Waals surface area contributed by atoms with Gasteiger partial charge < -0.3 is 14.7 Å². The van der Waals surface area contributed by atoms with Gasteiger partial charge in [-0.2, -0.15) is 0 Å². The SMILES string of the molecule is Cc1cccc(C)c1N1c2cc(N(c3ccccc3)c3ccc4ccccc4c3-c3ccccc3)ccc2B2c3cc4c(cc3N(c3c(C)cccc3C)c3cc(C(C)(C)C)cc1c32)C(C)(C)CCC4(C)C. The van der Waals surface area contributed by atoms with Crippen molar-refractivity contribution in [3.8, 4) is 11.1 Å². The van der Waals surface area contributed by atoms with Crippen LogP contribution in [0.2, 0.25) is 0 Å². The average molecular weight is 936 g/mol. The summed E-state index contributed by atoms with van der Waals surface area (Å²) in [4.78, 5) is 7.85. The highest BCUT2D eigenvalue weighted by atomic mass is 15.2. The van der Waals surface area contributed by atoms with Crippen molar-refractivity contribution in [2.45, 2.75) is 105 Å². The Morgan fingerprint density at radius 2 is 1.00 bits per heavy atom. The van der Waals surface area contributed by atoms with Gasteiger partial charge in [-0.05, 0) is 177 Å². The summed E-state index contributed by atoms with van der Waals surface area (Å²) in [5.41, 5.74) is 26.7. The second kappa shape index (κ2) is 16.6. The quantitative estimate of drug-likeness (QED) is 0.154. The Balaban J connectivity index is 1.22. The lowest BCUT2D eigenvalue weighted by Gasteiger charge is -2.48. The number of aryl methyl sites for hydroxylation is 4. The van der Waals surface area contributed by atoms with Gasteiger partial charge in [0.25, 0.3) is 6.71 Å². The van der Waals surface area contributed by atoms with Crippen molar-refractivity contribution in [3.63, 3.8) is 0 Å². The van der Waals surface area contributed by atoms with Crippen LogP contribution in [0, 0.1) is 27.7 Å². The second-order valence-electron chi connectivity index (χ2n) is 23.4. The Morgan fingerprint density at radius 1 is 0.472 bits per heavy atom. The molecule has 0 radical (unpaired) electrons. The topological polar surface area (TPSA) is 9.72 Å². The molecule has 0 saturated carbocycles. The molecule has 3 aliphatic rings. The maximum absolute atomic E-state index is 2.69. The van der Waals surface area contributed by atoms with Gasteiger partial charge >= 0.3 is 0 Å². The van der Waals surface area contributed by atoms with Gasteiger partial charge in [-0.1, -0.05) is 176 Å². The van der Waals surface area contributed by atoms with E-state index in [0.29, 0.717) is 0 Å². The molecule has 4 heteroatoms. The van der Waals surface area contributed by atoms with Crippen molar-refractivity contribution in [2.75, 3.05) is 14.7 Å². The summed E-state index contributed by atoms with van der Waals surface area (Å²) in [6.07, 6.45) is 2.31. The largest absolute Gasteiger partial charge is 0.311 e. The molecule has 0 amide bonds. The fourth-order valence-corrected chi connectivity index (χ4v) is 12.8. The first-order valence-electron chi connectivity index (χ1n) is 26.2. The number of benzene rings is 9. The Kier molecular flexibility index (Phi) is 10.6. The van der Waals surface area contributed by atoms with E-state index in [1.165, 1.54) is 111 Å². The molecular formula is C68H66BN3. The summed E-state index contributed by atoms with van der Waals surface area (Å²) in [5, 5.41) is 2.46.